The van der Waals surface area contributed by atoms with Crippen molar-refractivity contribution in [1.29, 1.82) is 0 Å². The molecule has 0 aromatic heterocycles. The van der Waals surface area contributed by atoms with E-state index in [1.165, 1.54) is 32.1 Å². The average molecular weight is 213 g/mol. The van der Waals surface area contributed by atoms with E-state index in [0.717, 1.165) is 12.5 Å². The van der Waals surface area contributed by atoms with E-state index in [4.69, 9.17) is 5.11 Å². The maximum absolute atomic E-state index is 11.0. The number of hydrogen-bond donors (Lipinski definition) is 1. The molecule has 0 spiro atoms. The van der Waals surface area contributed by atoms with E-state index in [1.54, 1.807) is 0 Å². The minimum atomic E-state index is -0.684. The molecule has 1 atom stereocenters. The molecule has 3 heteroatoms. The van der Waals surface area contributed by atoms with E-state index in [1.807, 2.05) is 18.9 Å². The van der Waals surface area contributed by atoms with E-state index < -0.39 is 5.97 Å². The second-order valence-electron chi connectivity index (χ2n) is 4.71. The Hall–Kier alpha value is -0.570. The molecule has 1 rings (SSSR count). The minimum absolute atomic E-state index is 0.299. The van der Waals surface area contributed by atoms with Crippen LogP contribution in [0, 0.1) is 5.92 Å². The molecule has 1 aliphatic rings. The smallest absolute Gasteiger partial charge is 0.320 e. The van der Waals surface area contributed by atoms with Gasteiger partial charge in [0.25, 0.3) is 0 Å². The van der Waals surface area contributed by atoms with Crippen LogP contribution in [0.15, 0.2) is 0 Å². The Kier molecular flexibility index (Phi) is 5.09. The van der Waals surface area contributed by atoms with Crippen LogP contribution in [0.4, 0.5) is 0 Å². The number of nitrogens with zero attached hydrogens (tertiary/aromatic N) is 1. The van der Waals surface area contributed by atoms with E-state index in [0.29, 0.717) is 6.42 Å². The summed E-state index contributed by atoms with van der Waals surface area (Å²) in [6.07, 6.45) is 7.25. The summed E-state index contributed by atoms with van der Waals surface area (Å²) in [6.45, 7) is 2.89. The fourth-order valence-electron chi connectivity index (χ4n) is 2.58. The monoisotopic (exact) mass is 213 g/mol. The molecular formula is C12H23NO2. The highest BCUT2D eigenvalue weighted by Gasteiger charge is 2.23. The lowest BCUT2D eigenvalue weighted by Crippen LogP contribution is -2.40. The Bertz CT molecular complexity index is 200. The number of carboxylic acids is 1. The van der Waals surface area contributed by atoms with E-state index in [2.05, 4.69) is 0 Å². The first-order chi connectivity index (χ1) is 7.15. The number of carbonyl (C=O) groups is 1. The third kappa shape index (κ3) is 3.82. The van der Waals surface area contributed by atoms with Crippen molar-refractivity contribution in [2.75, 3.05) is 13.6 Å². The highest BCUT2D eigenvalue weighted by atomic mass is 16.4. The largest absolute Gasteiger partial charge is 0.480 e. The molecule has 0 aliphatic heterocycles. The first-order valence-electron chi connectivity index (χ1n) is 6.08. The normalized spacial score (nSPS) is 20.5. The van der Waals surface area contributed by atoms with Crippen LogP contribution in [-0.2, 0) is 4.79 Å². The molecule has 1 N–H and O–H groups in total. The van der Waals surface area contributed by atoms with Crippen LogP contribution in [-0.4, -0.2) is 35.6 Å². The molecule has 1 saturated carbocycles. The standard InChI is InChI=1S/C12H23NO2/c1-3-11(12(14)15)13(2)9-10-7-5-4-6-8-10/h10-11H,3-9H2,1-2H3,(H,14,15). The quantitative estimate of drug-likeness (QED) is 0.762. The van der Waals surface area contributed by atoms with Crippen LogP contribution >= 0.6 is 0 Å². The van der Waals surface area contributed by atoms with Crippen molar-refractivity contribution < 1.29 is 9.90 Å². The van der Waals surface area contributed by atoms with Gasteiger partial charge in [-0.25, -0.2) is 0 Å². The molecule has 3 nitrogen and oxygen atoms in total. The van der Waals surface area contributed by atoms with Crippen LogP contribution in [0.2, 0.25) is 0 Å². The molecule has 0 saturated heterocycles. The Balaban J connectivity index is 2.38. The lowest BCUT2D eigenvalue weighted by Gasteiger charge is -2.30. The zero-order valence-corrected chi connectivity index (χ0v) is 9.91. The van der Waals surface area contributed by atoms with Gasteiger partial charge in [-0.1, -0.05) is 26.2 Å². The topological polar surface area (TPSA) is 40.5 Å². The van der Waals surface area contributed by atoms with Crippen LogP contribution in [0.1, 0.15) is 45.4 Å². The number of likely N-dealkylation sites (N-methyl/N-ethyl adjacent to an activating group) is 1. The van der Waals surface area contributed by atoms with E-state index in [-0.39, 0.29) is 6.04 Å². The van der Waals surface area contributed by atoms with E-state index in [9.17, 15) is 4.79 Å². The van der Waals surface area contributed by atoms with Crippen LogP contribution in [0.25, 0.3) is 0 Å². The SMILES string of the molecule is CCC(C(=O)O)N(C)CC1CCCCC1. The summed E-state index contributed by atoms with van der Waals surface area (Å²) < 4.78 is 0. The molecule has 0 aromatic rings. The van der Waals surface area contributed by atoms with Crippen molar-refractivity contribution in [2.45, 2.75) is 51.5 Å². The number of carboxylic acid groups (broad SMARTS) is 1. The van der Waals surface area contributed by atoms with Gasteiger partial charge in [-0.15, -0.1) is 0 Å². The third-order valence-electron chi connectivity index (χ3n) is 3.47. The highest BCUT2D eigenvalue weighted by molar-refractivity contribution is 5.73. The molecule has 0 radical (unpaired) electrons. The third-order valence-corrected chi connectivity index (χ3v) is 3.47. The molecule has 1 aliphatic carbocycles. The molecule has 0 aromatic carbocycles. The fraction of sp³-hybridized carbons (Fsp3) is 0.917. The summed E-state index contributed by atoms with van der Waals surface area (Å²) in [4.78, 5) is 13.0. The van der Waals surface area contributed by atoms with Gasteiger partial charge in [-0.2, -0.15) is 0 Å². The van der Waals surface area contributed by atoms with Crippen molar-refractivity contribution in [3.63, 3.8) is 0 Å². The molecular weight excluding hydrogens is 190 g/mol. The first-order valence-corrected chi connectivity index (χ1v) is 6.08. The van der Waals surface area contributed by atoms with Gasteiger partial charge in [0, 0.05) is 6.54 Å². The van der Waals surface area contributed by atoms with Gasteiger partial charge >= 0.3 is 5.97 Å². The Morgan fingerprint density at radius 3 is 2.47 bits per heavy atom. The molecule has 1 fully saturated rings. The van der Waals surface area contributed by atoms with Crippen molar-refractivity contribution in [2.24, 2.45) is 5.92 Å². The summed E-state index contributed by atoms with van der Waals surface area (Å²) in [5, 5.41) is 9.03. The predicted molar refractivity (Wildman–Crippen MR) is 60.9 cm³/mol. The second-order valence-corrected chi connectivity index (χ2v) is 4.71. The molecule has 0 amide bonds. The summed E-state index contributed by atoms with van der Waals surface area (Å²) in [5.41, 5.74) is 0. The molecule has 0 heterocycles. The molecule has 1 unspecified atom stereocenters. The Morgan fingerprint density at radius 2 is 2.00 bits per heavy atom. The van der Waals surface area contributed by atoms with Gasteiger partial charge < -0.3 is 5.11 Å². The molecule has 15 heavy (non-hydrogen) atoms. The zero-order chi connectivity index (χ0) is 11.3. The molecule has 88 valence electrons. The average Bonchev–Trinajstić information content (AvgIpc) is 2.19. The van der Waals surface area contributed by atoms with Crippen molar-refractivity contribution in [3.8, 4) is 0 Å². The fourth-order valence-corrected chi connectivity index (χ4v) is 2.58. The minimum Gasteiger partial charge on any atom is -0.480 e. The summed E-state index contributed by atoms with van der Waals surface area (Å²) >= 11 is 0. The number of aliphatic carboxylic acids is 1. The van der Waals surface area contributed by atoms with Gasteiger partial charge in [-0.05, 0) is 32.2 Å². The van der Waals surface area contributed by atoms with Crippen molar-refractivity contribution in [1.82, 2.24) is 4.90 Å². The summed E-state index contributed by atoms with van der Waals surface area (Å²) in [7, 11) is 1.94. The molecule has 0 bridgehead atoms. The predicted octanol–water partition coefficient (Wildman–Crippen LogP) is 2.36. The summed E-state index contributed by atoms with van der Waals surface area (Å²) in [6, 6.07) is -0.299. The van der Waals surface area contributed by atoms with Crippen molar-refractivity contribution in [3.05, 3.63) is 0 Å². The van der Waals surface area contributed by atoms with Gasteiger partial charge in [0.15, 0.2) is 0 Å². The Morgan fingerprint density at radius 1 is 1.40 bits per heavy atom. The number of hydrogen-bond acceptors (Lipinski definition) is 2. The highest BCUT2D eigenvalue weighted by Crippen LogP contribution is 2.24. The first kappa shape index (κ1) is 12.5. The maximum Gasteiger partial charge on any atom is 0.320 e. The lowest BCUT2D eigenvalue weighted by atomic mass is 9.88. The second kappa shape index (κ2) is 6.11. The van der Waals surface area contributed by atoms with Gasteiger partial charge in [0.2, 0.25) is 0 Å². The van der Waals surface area contributed by atoms with Crippen molar-refractivity contribution >= 4 is 5.97 Å². The van der Waals surface area contributed by atoms with Crippen LogP contribution in [0.3, 0.4) is 0 Å². The zero-order valence-electron chi connectivity index (χ0n) is 9.91. The van der Waals surface area contributed by atoms with Gasteiger partial charge in [0.1, 0.15) is 6.04 Å². The van der Waals surface area contributed by atoms with Crippen LogP contribution in [0.5, 0.6) is 0 Å². The summed E-state index contributed by atoms with van der Waals surface area (Å²) in [5.74, 6) is 0.0351. The maximum atomic E-state index is 11.0. The van der Waals surface area contributed by atoms with Crippen LogP contribution < -0.4 is 0 Å². The van der Waals surface area contributed by atoms with Gasteiger partial charge in [0.05, 0.1) is 0 Å². The van der Waals surface area contributed by atoms with E-state index >= 15 is 0 Å². The lowest BCUT2D eigenvalue weighted by molar-refractivity contribution is -0.143. The Labute approximate surface area is 92.5 Å². The van der Waals surface area contributed by atoms with Gasteiger partial charge in [-0.3, -0.25) is 9.69 Å². The number of rotatable bonds is 5.